The molecule has 1 aliphatic rings. The smallest absolute Gasteiger partial charge is 0.248 e. The van der Waals surface area contributed by atoms with Gasteiger partial charge >= 0.3 is 0 Å². The van der Waals surface area contributed by atoms with Crippen molar-refractivity contribution in [3.05, 3.63) is 24.2 Å². The number of carbonyl (C=O) groups excluding carboxylic acids is 2. The molecule has 0 aromatic carbocycles. The van der Waals surface area contributed by atoms with Crippen LogP contribution in [0.3, 0.4) is 0 Å². The Kier molecular flexibility index (Phi) is 3.15. The predicted molar refractivity (Wildman–Crippen MR) is 65.6 cm³/mol. The summed E-state index contributed by atoms with van der Waals surface area (Å²) >= 11 is 0. The van der Waals surface area contributed by atoms with Gasteiger partial charge in [0.25, 0.3) is 0 Å². The molecule has 5 nitrogen and oxygen atoms in total. The number of furan rings is 1. The standard InChI is InChI=1S/C13H18N2O3/c1-4-10-11(16)14-13(2,3)12(17)15(10)7-9-5-6-18-8-9/h5-6,8,10H,4,7H2,1-3H3,(H,14,16). The lowest BCUT2D eigenvalue weighted by atomic mass is 9.95. The van der Waals surface area contributed by atoms with Crippen LogP contribution in [0.4, 0.5) is 0 Å². The highest BCUT2D eigenvalue weighted by Crippen LogP contribution is 2.22. The van der Waals surface area contributed by atoms with Crippen molar-refractivity contribution in [3.8, 4) is 0 Å². The van der Waals surface area contributed by atoms with Crippen molar-refractivity contribution in [2.45, 2.75) is 45.3 Å². The second-order valence-electron chi connectivity index (χ2n) is 5.10. The zero-order valence-electron chi connectivity index (χ0n) is 10.9. The monoisotopic (exact) mass is 250 g/mol. The van der Waals surface area contributed by atoms with Crippen LogP contribution in [0.25, 0.3) is 0 Å². The van der Waals surface area contributed by atoms with E-state index in [1.165, 1.54) is 0 Å². The van der Waals surface area contributed by atoms with Crippen molar-refractivity contribution >= 4 is 11.8 Å². The number of hydrogen-bond acceptors (Lipinski definition) is 3. The lowest BCUT2D eigenvalue weighted by molar-refractivity contribution is -0.154. The first-order chi connectivity index (χ1) is 8.45. The van der Waals surface area contributed by atoms with E-state index in [9.17, 15) is 9.59 Å². The van der Waals surface area contributed by atoms with Gasteiger partial charge in [-0.2, -0.15) is 0 Å². The maximum absolute atomic E-state index is 12.4. The summed E-state index contributed by atoms with van der Waals surface area (Å²) in [5.74, 6) is -0.152. The molecule has 0 spiro atoms. The molecular formula is C13H18N2O3. The van der Waals surface area contributed by atoms with Gasteiger partial charge in [-0.25, -0.2) is 0 Å². The fourth-order valence-electron chi connectivity index (χ4n) is 2.25. The molecule has 0 bridgehead atoms. The highest BCUT2D eigenvalue weighted by molar-refractivity contribution is 5.99. The summed E-state index contributed by atoms with van der Waals surface area (Å²) in [6, 6.07) is 1.40. The van der Waals surface area contributed by atoms with E-state index in [-0.39, 0.29) is 11.8 Å². The molecule has 0 radical (unpaired) electrons. The Labute approximate surface area is 106 Å². The first kappa shape index (κ1) is 12.7. The van der Waals surface area contributed by atoms with Gasteiger partial charge in [-0.3, -0.25) is 9.59 Å². The Hall–Kier alpha value is -1.78. The van der Waals surface area contributed by atoms with Gasteiger partial charge in [0.15, 0.2) is 0 Å². The van der Waals surface area contributed by atoms with Gasteiger partial charge in [0.05, 0.1) is 12.5 Å². The molecule has 1 aromatic rings. The number of piperazine rings is 1. The van der Waals surface area contributed by atoms with Crippen molar-refractivity contribution in [1.29, 1.82) is 0 Å². The summed E-state index contributed by atoms with van der Waals surface area (Å²) < 4.78 is 5.00. The number of amides is 2. The van der Waals surface area contributed by atoms with Crippen molar-refractivity contribution in [3.63, 3.8) is 0 Å². The molecule has 98 valence electrons. The third-order valence-corrected chi connectivity index (χ3v) is 3.23. The van der Waals surface area contributed by atoms with Crippen LogP contribution in [0.1, 0.15) is 32.8 Å². The number of carbonyl (C=O) groups is 2. The Balaban J connectivity index is 2.27. The van der Waals surface area contributed by atoms with E-state index in [0.29, 0.717) is 13.0 Å². The van der Waals surface area contributed by atoms with Crippen LogP contribution in [0, 0.1) is 0 Å². The molecule has 1 saturated heterocycles. The summed E-state index contributed by atoms with van der Waals surface area (Å²) in [5.41, 5.74) is 0.0549. The van der Waals surface area contributed by atoms with Crippen LogP contribution in [-0.2, 0) is 16.1 Å². The summed E-state index contributed by atoms with van der Waals surface area (Å²) in [6.45, 7) is 5.76. The molecule has 1 N–H and O–H groups in total. The van der Waals surface area contributed by atoms with Crippen LogP contribution >= 0.6 is 0 Å². The average molecular weight is 250 g/mol. The largest absolute Gasteiger partial charge is 0.472 e. The van der Waals surface area contributed by atoms with Gasteiger partial charge in [-0.1, -0.05) is 6.92 Å². The number of rotatable bonds is 3. The minimum absolute atomic E-state index is 0.0600. The number of hydrogen-bond donors (Lipinski definition) is 1. The lowest BCUT2D eigenvalue weighted by Crippen LogP contribution is -2.67. The maximum Gasteiger partial charge on any atom is 0.248 e. The van der Waals surface area contributed by atoms with Gasteiger partial charge < -0.3 is 14.6 Å². The topological polar surface area (TPSA) is 62.6 Å². The van der Waals surface area contributed by atoms with E-state index in [2.05, 4.69) is 5.32 Å². The lowest BCUT2D eigenvalue weighted by Gasteiger charge is -2.42. The highest BCUT2D eigenvalue weighted by Gasteiger charge is 2.44. The molecule has 1 atom stereocenters. The molecule has 2 heterocycles. The van der Waals surface area contributed by atoms with Gasteiger partial charge in [-0.15, -0.1) is 0 Å². The van der Waals surface area contributed by atoms with Crippen LogP contribution in [0.5, 0.6) is 0 Å². The first-order valence-corrected chi connectivity index (χ1v) is 6.10. The Morgan fingerprint density at radius 1 is 1.44 bits per heavy atom. The third-order valence-electron chi connectivity index (χ3n) is 3.23. The zero-order valence-corrected chi connectivity index (χ0v) is 10.9. The minimum Gasteiger partial charge on any atom is -0.472 e. The molecule has 1 aromatic heterocycles. The quantitative estimate of drug-likeness (QED) is 0.879. The number of nitrogens with one attached hydrogen (secondary N) is 1. The van der Waals surface area contributed by atoms with Crippen molar-refractivity contribution < 1.29 is 14.0 Å². The SMILES string of the molecule is CCC1C(=O)NC(C)(C)C(=O)N1Cc1ccoc1. The van der Waals surface area contributed by atoms with E-state index in [4.69, 9.17) is 4.42 Å². The van der Waals surface area contributed by atoms with Crippen LogP contribution in [0.15, 0.2) is 23.0 Å². The molecule has 0 aliphatic carbocycles. The highest BCUT2D eigenvalue weighted by atomic mass is 16.3. The second kappa shape index (κ2) is 4.48. The molecule has 2 amide bonds. The van der Waals surface area contributed by atoms with E-state index in [0.717, 1.165) is 5.56 Å². The predicted octanol–water partition coefficient (Wildman–Crippen LogP) is 1.30. The Bertz CT molecular complexity index is 451. The average Bonchev–Trinajstić information content (AvgIpc) is 2.78. The third kappa shape index (κ3) is 2.12. The van der Waals surface area contributed by atoms with Crippen LogP contribution in [-0.4, -0.2) is 28.3 Å². The molecule has 5 heteroatoms. The fraction of sp³-hybridized carbons (Fsp3) is 0.538. The van der Waals surface area contributed by atoms with E-state index in [1.807, 2.05) is 6.92 Å². The summed E-state index contributed by atoms with van der Waals surface area (Å²) in [5, 5.41) is 2.76. The summed E-state index contributed by atoms with van der Waals surface area (Å²) in [4.78, 5) is 26.0. The van der Waals surface area contributed by atoms with Crippen LogP contribution in [0.2, 0.25) is 0 Å². The van der Waals surface area contributed by atoms with Gasteiger partial charge in [-0.05, 0) is 26.3 Å². The van der Waals surface area contributed by atoms with E-state index < -0.39 is 11.6 Å². The Morgan fingerprint density at radius 3 is 2.72 bits per heavy atom. The molecule has 2 rings (SSSR count). The Morgan fingerprint density at radius 2 is 2.17 bits per heavy atom. The van der Waals surface area contributed by atoms with Crippen molar-refractivity contribution in [2.24, 2.45) is 0 Å². The minimum atomic E-state index is -0.841. The maximum atomic E-state index is 12.4. The molecule has 1 aliphatic heterocycles. The van der Waals surface area contributed by atoms with Crippen molar-refractivity contribution in [2.75, 3.05) is 0 Å². The number of nitrogens with zero attached hydrogens (tertiary/aromatic N) is 1. The van der Waals surface area contributed by atoms with Gasteiger partial charge in [0.2, 0.25) is 11.8 Å². The molecule has 0 saturated carbocycles. The van der Waals surface area contributed by atoms with Gasteiger partial charge in [0, 0.05) is 12.1 Å². The van der Waals surface area contributed by atoms with E-state index in [1.54, 1.807) is 37.3 Å². The fourth-order valence-corrected chi connectivity index (χ4v) is 2.25. The first-order valence-electron chi connectivity index (χ1n) is 6.10. The summed E-state index contributed by atoms with van der Waals surface area (Å²) in [7, 11) is 0. The summed E-state index contributed by atoms with van der Waals surface area (Å²) in [6.07, 6.45) is 3.76. The van der Waals surface area contributed by atoms with Crippen molar-refractivity contribution in [1.82, 2.24) is 10.2 Å². The molecule has 1 unspecified atom stereocenters. The molecular weight excluding hydrogens is 232 g/mol. The normalized spacial score (nSPS) is 23.1. The zero-order chi connectivity index (χ0) is 13.3. The second-order valence-corrected chi connectivity index (χ2v) is 5.10. The molecule has 18 heavy (non-hydrogen) atoms. The molecule has 1 fully saturated rings. The van der Waals surface area contributed by atoms with Crippen LogP contribution < -0.4 is 5.32 Å². The van der Waals surface area contributed by atoms with E-state index >= 15 is 0 Å². The van der Waals surface area contributed by atoms with Gasteiger partial charge in [0.1, 0.15) is 11.6 Å².